The molecule has 0 radical (unpaired) electrons. The van der Waals surface area contributed by atoms with Crippen LogP contribution in [0.15, 0.2) is 29.2 Å². The monoisotopic (exact) mass is 365 g/mol. The minimum Gasteiger partial charge on any atom is -0.459 e. The standard InChI is InChI=1S/C19H27NO4S/c1-6-7-8-9-10-16-11-13-17(14-12-16)25(22,23)20-15(2)18(21)24-19(3,4)5/h11-15,20H,6-8H2,1-5H3/t15-/m1/s1. The third-order valence-corrected chi connectivity index (χ3v) is 4.70. The number of benzene rings is 1. The third kappa shape index (κ3) is 7.72. The summed E-state index contributed by atoms with van der Waals surface area (Å²) in [6.07, 6.45) is 2.96. The van der Waals surface area contributed by atoms with E-state index in [-0.39, 0.29) is 4.90 Å². The number of esters is 1. The SMILES string of the molecule is CCCCC#Cc1ccc(S(=O)(=O)N[C@H](C)C(=O)OC(C)(C)C)cc1. The predicted molar refractivity (Wildman–Crippen MR) is 98.5 cm³/mol. The molecular formula is C19H27NO4S. The van der Waals surface area contributed by atoms with E-state index in [0.29, 0.717) is 0 Å². The average Bonchev–Trinajstić information content (AvgIpc) is 2.50. The Bertz CT molecular complexity index is 734. The van der Waals surface area contributed by atoms with Gasteiger partial charge in [-0.05, 0) is 58.4 Å². The minimum absolute atomic E-state index is 0.0852. The molecule has 0 aliphatic rings. The van der Waals surface area contributed by atoms with Crippen LogP contribution in [0.3, 0.4) is 0 Å². The molecule has 5 nitrogen and oxygen atoms in total. The van der Waals surface area contributed by atoms with E-state index in [1.54, 1.807) is 32.9 Å². The normalized spacial score (nSPS) is 12.8. The molecule has 0 fully saturated rings. The van der Waals surface area contributed by atoms with Crippen molar-refractivity contribution in [3.63, 3.8) is 0 Å². The number of rotatable bonds is 6. The fraction of sp³-hybridized carbons (Fsp3) is 0.526. The van der Waals surface area contributed by atoms with Crippen LogP contribution in [0.25, 0.3) is 0 Å². The molecule has 1 N–H and O–H groups in total. The van der Waals surface area contributed by atoms with Gasteiger partial charge in [-0.2, -0.15) is 4.72 Å². The zero-order chi connectivity index (χ0) is 19.1. The van der Waals surface area contributed by atoms with E-state index in [9.17, 15) is 13.2 Å². The Hall–Kier alpha value is -1.84. The van der Waals surface area contributed by atoms with Crippen molar-refractivity contribution in [3.8, 4) is 11.8 Å². The lowest BCUT2D eigenvalue weighted by Crippen LogP contribution is -2.42. The first kappa shape index (κ1) is 21.2. The number of hydrogen-bond acceptors (Lipinski definition) is 4. The fourth-order valence-corrected chi connectivity index (χ4v) is 3.08. The van der Waals surface area contributed by atoms with Gasteiger partial charge in [-0.25, -0.2) is 8.42 Å². The Balaban J connectivity index is 2.78. The second-order valence-corrected chi connectivity index (χ2v) is 8.52. The van der Waals surface area contributed by atoms with E-state index in [1.165, 1.54) is 19.1 Å². The van der Waals surface area contributed by atoms with E-state index < -0.39 is 27.6 Å². The highest BCUT2D eigenvalue weighted by Crippen LogP contribution is 2.13. The number of hydrogen-bond donors (Lipinski definition) is 1. The highest BCUT2D eigenvalue weighted by Gasteiger charge is 2.26. The number of ether oxygens (including phenoxy) is 1. The summed E-state index contributed by atoms with van der Waals surface area (Å²) in [7, 11) is -3.81. The number of nitrogens with one attached hydrogen (secondary N) is 1. The predicted octanol–water partition coefficient (Wildman–Crippen LogP) is 3.24. The lowest BCUT2D eigenvalue weighted by molar-refractivity contribution is -0.156. The van der Waals surface area contributed by atoms with Crippen molar-refractivity contribution in [2.45, 2.75) is 70.4 Å². The first-order chi connectivity index (χ1) is 11.5. The van der Waals surface area contributed by atoms with E-state index in [0.717, 1.165) is 24.8 Å². The molecule has 0 aliphatic heterocycles. The summed E-state index contributed by atoms with van der Waals surface area (Å²) in [6.45, 7) is 8.75. The molecule has 0 aromatic heterocycles. The van der Waals surface area contributed by atoms with Crippen molar-refractivity contribution >= 4 is 16.0 Å². The van der Waals surface area contributed by atoms with Crippen LogP contribution in [0, 0.1) is 11.8 Å². The highest BCUT2D eigenvalue weighted by atomic mass is 32.2. The van der Waals surface area contributed by atoms with Crippen LogP contribution in [-0.4, -0.2) is 26.0 Å². The lowest BCUT2D eigenvalue weighted by Gasteiger charge is -2.22. The van der Waals surface area contributed by atoms with Crippen molar-refractivity contribution in [1.29, 1.82) is 0 Å². The molecule has 0 amide bonds. The third-order valence-electron chi connectivity index (χ3n) is 3.14. The van der Waals surface area contributed by atoms with Gasteiger partial charge < -0.3 is 4.74 Å². The van der Waals surface area contributed by atoms with Gasteiger partial charge >= 0.3 is 5.97 Å². The van der Waals surface area contributed by atoms with Crippen molar-refractivity contribution in [3.05, 3.63) is 29.8 Å². The zero-order valence-electron chi connectivity index (χ0n) is 15.5. The molecular weight excluding hydrogens is 338 g/mol. The largest absolute Gasteiger partial charge is 0.459 e. The van der Waals surface area contributed by atoms with Gasteiger partial charge in [0.2, 0.25) is 10.0 Å². The van der Waals surface area contributed by atoms with Crippen LogP contribution in [0.5, 0.6) is 0 Å². The van der Waals surface area contributed by atoms with Crippen molar-refractivity contribution < 1.29 is 17.9 Å². The molecule has 138 valence electrons. The van der Waals surface area contributed by atoms with Crippen LogP contribution >= 0.6 is 0 Å². The van der Waals surface area contributed by atoms with E-state index in [4.69, 9.17) is 4.74 Å². The van der Waals surface area contributed by atoms with Gasteiger partial charge in [0.1, 0.15) is 11.6 Å². The molecule has 0 bridgehead atoms. The summed E-state index contributed by atoms with van der Waals surface area (Å²) >= 11 is 0. The van der Waals surface area contributed by atoms with E-state index in [1.807, 2.05) is 0 Å². The summed E-state index contributed by atoms with van der Waals surface area (Å²) in [5, 5.41) is 0. The topological polar surface area (TPSA) is 72.5 Å². The van der Waals surface area contributed by atoms with Gasteiger partial charge in [0.25, 0.3) is 0 Å². The molecule has 0 saturated heterocycles. The molecule has 25 heavy (non-hydrogen) atoms. The zero-order valence-corrected chi connectivity index (χ0v) is 16.4. The first-order valence-corrected chi connectivity index (χ1v) is 9.87. The maximum atomic E-state index is 12.4. The van der Waals surface area contributed by atoms with E-state index >= 15 is 0 Å². The van der Waals surface area contributed by atoms with Gasteiger partial charge in [-0.3, -0.25) is 4.79 Å². The van der Waals surface area contributed by atoms with Crippen LogP contribution in [0.4, 0.5) is 0 Å². The second kappa shape index (κ2) is 9.02. The molecule has 1 aromatic carbocycles. The molecule has 0 spiro atoms. The molecule has 0 unspecified atom stereocenters. The number of sulfonamides is 1. The minimum atomic E-state index is -3.81. The smallest absolute Gasteiger partial charge is 0.324 e. The second-order valence-electron chi connectivity index (χ2n) is 6.81. The Morgan fingerprint density at radius 2 is 1.84 bits per heavy atom. The quantitative estimate of drug-likeness (QED) is 0.477. The molecule has 1 aromatic rings. The van der Waals surface area contributed by atoms with E-state index in [2.05, 4.69) is 23.5 Å². The summed E-state index contributed by atoms with van der Waals surface area (Å²) < 4.78 is 32.3. The highest BCUT2D eigenvalue weighted by molar-refractivity contribution is 7.89. The Kier molecular flexibility index (Phi) is 7.65. The molecule has 0 heterocycles. The summed E-state index contributed by atoms with van der Waals surface area (Å²) in [6, 6.07) is 5.30. The van der Waals surface area contributed by atoms with Gasteiger partial charge in [0, 0.05) is 12.0 Å². The fourth-order valence-electron chi connectivity index (χ4n) is 1.89. The van der Waals surface area contributed by atoms with Crippen molar-refractivity contribution in [2.75, 3.05) is 0 Å². The van der Waals surface area contributed by atoms with Gasteiger partial charge in [-0.15, -0.1) is 0 Å². The van der Waals surface area contributed by atoms with Crippen LogP contribution in [-0.2, 0) is 19.6 Å². The molecule has 1 atom stereocenters. The summed E-state index contributed by atoms with van der Waals surface area (Å²) in [5.74, 6) is 5.44. The number of carbonyl (C=O) groups is 1. The molecule has 0 aliphatic carbocycles. The maximum Gasteiger partial charge on any atom is 0.324 e. The van der Waals surface area contributed by atoms with Crippen LogP contribution in [0.2, 0.25) is 0 Å². The Labute approximate surface area is 151 Å². The average molecular weight is 365 g/mol. The first-order valence-electron chi connectivity index (χ1n) is 8.39. The van der Waals surface area contributed by atoms with Gasteiger partial charge in [0.15, 0.2) is 0 Å². The van der Waals surface area contributed by atoms with Crippen molar-refractivity contribution in [2.24, 2.45) is 0 Å². The Morgan fingerprint density at radius 1 is 1.24 bits per heavy atom. The Morgan fingerprint density at radius 3 is 2.36 bits per heavy atom. The summed E-state index contributed by atoms with van der Waals surface area (Å²) in [4.78, 5) is 12.0. The number of carbonyl (C=O) groups excluding carboxylic acids is 1. The molecule has 1 rings (SSSR count). The molecule has 6 heteroatoms. The van der Waals surface area contributed by atoms with Crippen LogP contribution < -0.4 is 4.72 Å². The lowest BCUT2D eigenvalue weighted by atomic mass is 10.2. The van der Waals surface area contributed by atoms with Gasteiger partial charge in [-0.1, -0.05) is 25.2 Å². The summed E-state index contributed by atoms with van der Waals surface area (Å²) in [5.41, 5.74) is 0.0877. The van der Waals surface area contributed by atoms with Crippen molar-refractivity contribution in [1.82, 2.24) is 4.72 Å². The number of unbranched alkanes of at least 4 members (excludes halogenated alkanes) is 2. The van der Waals surface area contributed by atoms with Crippen LogP contribution in [0.1, 0.15) is 59.4 Å². The maximum absolute atomic E-state index is 12.4. The van der Waals surface area contributed by atoms with Gasteiger partial charge in [0.05, 0.1) is 4.90 Å². The molecule has 0 saturated carbocycles.